The largest absolute Gasteiger partial charge is 0.373 e. The summed E-state index contributed by atoms with van der Waals surface area (Å²) >= 11 is 0. The van der Waals surface area contributed by atoms with E-state index in [4.69, 9.17) is 4.74 Å². The van der Waals surface area contributed by atoms with Crippen LogP contribution in [0.3, 0.4) is 0 Å². The first-order valence-corrected chi connectivity index (χ1v) is 8.74. The predicted octanol–water partition coefficient (Wildman–Crippen LogP) is 2.71. The van der Waals surface area contributed by atoms with Crippen molar-refractivity contribution in [1.82, 2.24) is 14.9 Å². The molecule has 126 valence electrons. The van der Waals surface area contributed by atoms with Gasteiger partial charge in [0.15, 0.2) is 0 Å². The Bertz CT molecular complexity index is 651. The van der Waals surface area contributed by atoms with E-state index in [0.29, 0.717) is 6.04 Å². The van der Waals surface area contributed by atoms with E-state index in [1.165, 1.54) is 5.56 Å². The Morgan fingerprint density at radius 2 is 2.25 bits per heavy atom. The van der Waals surface area contributed by atoms with Crippen molar-refractivity contribution in [2.75, 3.05) is 25.0 Å². The number of hydrogen-bond acceptors (Lipinski definition) is 5. The minimum absolute atomic E-state index is 0.00704. The lowest BCUT2D eigenvalue weighted by molar-refractivity contribution is -0.0737. The van der Waals surface area contributed by atoms with Gasteiger partial charge in [-0.05, 0) is 43.0 Å². The number of rotatable bonds is 4. The van der Waals surface area contributed by atoms with Crippen molar-refractivity contribution in [3.63, 3.8) is 0 Å². The van der Waals surface area contributed by atoms with Crippen LogP contribution < -0.4 is 5.32 Å². The average Bonchev–Trinajstić information content (AvgIpc) is 2.98. The van der Waals surface area contributed by atoms with Crippen molar-refractivity contribution in [3.8, 4) is 0 Å². The maximum absolute atomic E-state index is 6.24. The SMILES string of the molecule is c1ccc(N[C@@H]2CCO[C@]3(CCN(Cc4cccnc4)C3)C2)nc1. The van der Waals surface area contributed by atoms with Crippen molar-refractivity contribution < 1.29 is 4.74 Å². The van der Waals surface area contributed by atoms with E-state index in [1.807, 2.05) is 42.9 Å². The smallest absolute Gasteiger partial charge is 0.126 e. The van der Waals surface area contributed by atoms with Crippen LogP contribution in [0.5, 0.6) is 0 Å². The van der Waals surface area contributed by atoms with E-state index < -0.39 is 0 Å². The van der Waals surface area contributed by atoms with E-state index in [9.17, 15) is 0 Å². The van der Waals surface area contributed by atoms with Crippen molar-refractivity contribution in [1.29, 1.82) is 0 Å². The molecule has 0 bridgehead atoms. The number of likely N-dealkylation sites (tertiary alicyclic amines) is 1. The zero-order valence-electron chi connectivity index (χ0n) is 13.9. The molecule has 2 atom stereocenters. The Morgan fingerprint density at radius 3 is 3.08 bits per heavy atom. The molecule has 2 aliphatic rings. The molecule has 1 N–H and O–H groups in total. The van der Waals surface area contributed by atoms with Gasteiger partial charge in [-0.3, -0.25) is 9.88 Å². The predicted molar refractivity (Wildman–Crippen MR) is 93.7 cm³/mol. The quantitative estimate of drug-likeness (QED) is 0.937. The lowest BCUT2D eigenvalue weighted by atomic mass is 9.89. The van der Waals surface area contributed by atoms with Crippen LogP contribution in [0.2, 0.25) is 0 Å². The number of nitrogens with zero attached hydrogens (tertiary/aromatic N) is 3. The van der Waals surface area contributed by atoms with Crippen LogP contribution >= 0.6 is 0 Å². The van der Waals surface area contributed by atoms with Gasteiger partial charge in [-0.25, -0.2) is 4.98 Å². The molecule has 2 aromatic rings. The third-order valence-corrected chi connectivity index (χ3v) is 5.03. The maximum atomic E-state index is 6.24. The average molecular weight is 324 g/mol. The second-order valence-corrected chi connectivity index (χ2v) is 6.90. The molecule has 0 amide bonds. The van der Waals surface area contributed by atoms with Gasteiger partial charge in [0.25, 0.3) is 0 Å². The molecule has 0 aliphatic carbocycles. The summed E-state index contributed by atoms with van der Waals surface area (Å²) in [5, 5.41) is 3.58. The van der Waals surface area contributed by atoms with Crippen LogP contribution in [-0.2, 0) is 11.3 Å². The third kappa shape index (κ3) is 3.57. The molecule has 0 unspecified atom stereocenters. The maximum Gasteiger partial charge on any atom is 0.126 e. The number of anilines is 1. The molecule has 4 rings (SSSR count). The minimum Gasteiger partial charge on any atom is -0.373 e. The lowest BCUT2D eigenvalue weighted by Gasteiger charge is -2.38. The van der Waals surface area contributed by atoms with Crippen molar-refractivity contribution in [3.05, 3.63) is 54.5 Å². The summed E-state index contributed by atoms with van der Waals surface area (Å²) in [7, 11) is 0. The Kier molecular flexibility index (Phi) is 4.45. The van der Waals surface area contributed by atoms with Gasteiger partial charge < -0.3 is 10.1 Å². The first kappa shape index (κ1) is 15.5. The van der Waals surface area contributed by atoms with Crippen LogP contribution in [-0.4, -0.2) is 46.2 Å². The Balaban J connectivity index is 1.37. The highest BCUT2D eigenvalue weighted by Crippen LogP contribution is 2.35. The normalized spacial score (nSPS) is 27.4. The first-order chi connectivity index (χ1) is 11.8. The summed E-state index contributed by atoms with van der Waals surface area (Å²) in [6, 6.07) is 10.6. The molecule has 0 aromatic carbocycles. The number of hydrogen-bond donors (Lipinski definition) is 1. The molecule has 2 aliphatic heterocycles. The van der Waals surface area contributed by atoms with Crippen LogP contribution in [0, 0.1) is 0 Å². The van der Waals surface area contributed by atoms with Crippen molar-refractivity contribution in [2.24, 2.45) is 0 Å². The molecule has 24 heavy (non-hydrogen) atoms. The summed E-state index contributed by atoms with van der Waals surface area (Å²) in [6.45, 7) is 3.87. The van der Waals surface area contributed by atoms with E-state index >= 15 is 0 Å². The van der Waals surface area contributed by atoms with E-state index in [2.05, 4.69) is 26.3 Å². The Hall–Kier alpha value is -1.98. The van der Waals surface area contributed by atoms with Gasteiger partial charge >= 0.3 is 0 Å². The Morgan fingerprint density at radius 1 is 1.25 bits per heavy atom. The van der Waals surface area contributed by atoms with Crippen LogP contribution in [0.1, 0.15) is 24.8 Å². The van der Waals surface area contributed by atoms with Crippen LogP contribution in [0.4, 0.5) is 5.82 Å². The molecule has 2 saturated heterocycles. The fourth-order valence-electron chi connectivity index (χ4n) is 3.90. The summed E-state index contributed by atoms with van der Waals surface area (Å²) in [5.74, 6) is 0.963. The monoisotopic (exact) mass is 324 g/mol. The molecule has 0 radical (unpaired) electrons. The molecule has 1 spiro atoms. The number of pyridine rings is 2. The number of aromatic nitrogens is 2. The second-order valence-electron chi connectivity index (χ2n) is 6.90. The Labute approximate surface area is 143 Å². The van der Waals surface area contributed by atoms with E-state index in [-0.39, 0.29) is 5.60 Å². The summed E-state index contributed by atoms with van der Waals surface area (Å²) in [5.41, 5.74) is 1.26. The van der Waals surface area contributed by atoms with Crippen LogP contribution in [0.25, 0.3) is 0 Å². The zero-order valence-corrected chi connectivity index (χ0v) is 13.9. The molecule has 5 nitrogen and oxygen atoms in total. The summed E-state index contributed by atoms with van der Waals surface area (Å²) in [6.07, 6.45) is 8.82. The van der Waals surface area contributed by atoms with Crippen molar-refractivity contribution >= 4 is 5.82 Å². The van der Waals surface area contributed by atoms with E-state index in [1.54, 1.807) is 0 Å². The van der Waals surface area contributed by atoms with Gasteiger partial charge in [0.05, 0.1) is 5.60 Å². The molecule has 2 aromatic heterocycles. The topological polar surface area (TPSA) is 50.3 Å². The third-order valence-electron chi connectivity index (χ3n) is 5.03. The highest BCUT2D eigenvalue weighted by Gasteiger charge is 2.43. The van der Waals surface area contributed by atoms with Gasteiger partial charge in [0.2, 0.25) is 0 Å². The second kappa shape index (κ2) is 6.87. The van der Waals surface area contributed by atoms with E-state index in [0.717, 1.165) is 51.3 Å². The fourth-order valence-corrected chi connectivity index (χ4v) is 3.90. The molecule has 4 heterocycles. The first-order valence-electron chi connectivity index (χ1n) is 8.74. The molecular formula is C19H24N4O. The summed E-state index contributed by atoms with van der Waals surface area (Å²) in [4.78, 5) is 11.1. The van der Waals surface area contributed by atoms with Gasteiger partial charge in [-0.1, -0.05) is 12.1 Å². The van der Waals surface area contributed by atoms with Crippen molar-refractivity contribution in [2.45, 2.75) is 37.5 Å². The molecule has 0 saturated carbocycles. The van der Waals surface area contributed by atoms with Gasteiger partial charge in [-0.2, -0.15) is 0 Å². The fraction of sp³-hybridized carbons (Fsp3) is 0.474. The highest BCUT2D eigenvalue weighted by atomic mass is 16.5. The zero-order chi connectivity index (χ0) is 16.2. The molecule has 5 heteroatoms. The molecule has 2 fully saturated rings. The van der Waals surface area contributed by atoms with Gasteiger partial charge in [0.1, 0.15) is 5.82 Å². The lowest BCUT2D eigenvalue weighted by Crippen LogP contribution is -2.46. The minimum atomic E-state index is -0.00704. The van der Waals surface area contributed by atoms with Crippen LogP contribution in [0.15, 0.2) is 48.9 Å². The highest BCUT2D eigenvalue weighted by molar-refractivity contribution is 5.34. The molecular weight excluding hydrogens is 300 g/mol. The number of nitrogens with one attached hydrogen (secondary N) is 1. The van der Waals surface area contributed by atoms with Gasteiger partial charge in [0, 0.05) is 50.9 Å². The number of ether oxygens (including phenoxy) is 1. The van der Waals surface area contributed by atoms with Gasteiger partial charge in [-0.15, -0.1) is 0 Å². The standard InChI is InChI=1S/C19H24N4O/c1-2-9-21-18(5-1)22-17-6-11-24-19(12-17)7-10-23(15-19)14-16-4-3-8-20-13-16/h1-5,8-9,13,17H,6-7,10-12,14-15H2,(H,21,22)/t17-,19-/m1/s1. The summed E-state index contributed by atoms with van der Waals surface area (Å²) < 4.78 is 6.24.